The summed E-state index contributed by atoms with van der Waals surface area (Å²) in [5, 5.41) is 5.14. The first kappa shape index (κ1) is 10.9. The number of imidazole rings is 1. The Labute approximate surface area is 102 Å². The first-order valence-corrected chi connectivity index (χ1v) is 6.46. The molecule has 1 N–H and O–H groups in total. The highest BCUT2D eigenvalue weighted by Crippen LogP contribution is 2.12. The van der Waals surface area contributed by atoms with E-state index in [1.807, 2.05) is 22.2 Å². The van der Waals surface area contributed by atoms with E-state index in [9.17, 15) is 4.79 Å². The molecule has 0 bridgehead atoms. The largest absolute Gasteiger partial charge is 0.378 e. The van der Waals surface area contributed by atoms with Crippen LogP contribution in [0.3, 0.4) is 0 Å². The van der Waals surface area contributed by atoms with Gasteiger partial charge < -0.3 is 10.1 Å². The van der Waals surface area contributed by atoms with Gasteiger partial charge >= 0.3 is 0 Å². The van der Waals surface area contributed by atoms with Gasteiger partial charge in [0.25, 0.3) is 0 Å². The lowest BCUT2D eigenvalue weighted by Gasteiger charge is -2.22. The zero-order valence-corrected chi connectivity index (χ0v) is 10.1. The Kier molecular flexibility index (Phi) is 2.92. The standard InChI is InChI=1S/C11H13N3O2S/c15-10(9-7-16-3-1-12-9)5-8-6-14-2-4-17-11(14)13-8/h2,4,6,9,12H,1,3,5,7H2. The fourth-order valence-electron chi connectivity index (χ4n) is 1.94. The molecule has 0 spiro atoms. The topological polar surface area (TPSA) is 55.6 Å². The number of carbonyl (C=O) groups excluding carboxylic acids is 1. The molecule has 1 atom stereocenters. The number of ether oxygens (including phenoxy) is 1. The van der Waals surface area contributed by atoms with Crippen molar-refractivity contribution in [3.05, 3.63) is 23.5 Å². The van der Waals surface area contributed by atoms with E-state index in [0.717, 1.165) is 17.2 Å². The SMILES string of the molecule is O=C(Cc1cn2ccsc2n1)C1COCCN1. The number of hydrogen-bond donors (Lipinski definition) is 1. The van der Waals surface area contributed by atoms with Crippen LogP contribution < -0.4 is 5.32 Å². The molecule has 3 heterocycles. The lowest BCUT2D eigenvalue weighted by molar-refractivity contribution is -0.123. The van der Waals surface area contributed by atoms with Gasteiger partial charge in [-0.2, -0.15) is 0 Å². The van der Waals surface area contributed by atoms with Crippen molar-refractivity contribution in [2.45, 2.75) is 12.5 Å². The molecule has 0 aliphatic carbocycles. The Morgan fingerprint density at radius 2 is 2.65 bits per heavy atom. The maximum absolute atomic E-state index is 12.0. The fourth-order valence-corrected chi connectivity index (χ4v) is 2.65. The van der Waals surface area contributed by atoms with Crippen molar-refractivity contribution in [2.24, 2.45) is 0 Å². The Hall–Kier alpha value is -1.24. The van der Waals surface area contributed by atoms with E-state index >= 15 is 0 Å². The molecule has 0 amide bonds. The third-order valence-corrected chi connectivity index (χ3v) is 3.58. The average Bonchev–Trinajstić information content (AvgIpc) is 2.90. The van der Waals surface area contributed by atoms with Crippen LogP contribution in [0.15, 0.2) is 17.8 Å². The number of morpholine rings is 1. The number of hydrogen-bond acceptors (Lipinski definition) is 5. The quantitative estimate of drug-likeness (QED) is 0.863. The molecular formula is C11H13N3O2S. The minimum atomic E-state index is -0.177. The molecule has 1 aliphatic rings. The lowest BCUT2D eigenvalue weighted by atomic mass is 10.1. The Balaban J connectivity index is 1.69. The third-order valence-electron chi connectivity index (χ3n) is 2.81. The summed E-state index contributed by atoms with van der Waals surface area (Å²) >= 11 is 1.57. The molecule has 3 rings (SSSR count). The lowest BCUT2D eigenvalue weighted by Crippen LogP contribution is -2.47. The smallest absolute Gasteiger partial charge is 0.193 e. The fraction of sp³-hybridized carbons (Fsp3) is 0.455. The average molecular weight is 251 g/mol. The number of aromatic nitrogens is 2. The highest BCUT2D eigenvalue weighted by Gasteiger charge is 2.22. The van der Waals surface area contributed by atoms with Gasteiger partial charge in [0.1, 0.15) is 0 Å². The molecule has 5 nitrogen and oxygen atoms in total. The van der Waals surface area contributed by atoms with Gasteiger partial charge in [0.15, 0.2) is 10.7 Å². The van der Waals surface area contributed by atoms with Crippen LogP contribution in [0.1, 0.15) is 5.69 Å². The highest BCUT2D eigenvalue weighted by molar-refractivity contribution is 7.15. The van der Waals surface area contributed by atoms with Gasteiger partial charge in [-0.1, -0.05) is 0 Å². The van der Waals surface area contributed by atoms with Crippen molar-refractivity contribution in [3.63, 3.8) is 0 Å². The number of nitrogens with one attached hydrogen (secondary N) is 1. The number of ketones is 1. The van der Waals surface area contributed by atoms with Crippen molar-refractivity contribution in [3.8, 4) is 0 Å². The van der Waals surface area contributed by atoms with E-state index < -0.39 is 0 Å². The van der Waals surface area contributed by atoms with Crippen molar-refractivity contribution in [1.82, 2.24) is 14.7 Å². The van der Waals surface area contributed by atoms with Crippen molar-refractivity contribution in [2.75, 3.05) is 19.8 Å². The summed E-state index contributed by atoms with van der Waals surface area (Å²) in [5.41, 5.74) is 0.828. The minimum Gasteiger partial charge on any atom is -0.378 e. The Morgan fingerprint density at radius 1 is 1.71 bits per heavy atom. The number of rotatable bonds is 3. The van der Waals surface area contributed by atoms with Crippen molar-refractivity contribution >= 4 is 22.1 Å². The van der Waals surface area contributed by atoms with Crippen molar-refractivity contribution in [1.29, 1.82) is 0 Å². The highest BCUT2D eigenvalue weighted by atomic mass is 32.1. The summed E-state index contributed by atoms with van der Waals surface area (Å²) in [6.45, 7) is 1.90. The molecule has 1 fully saturated rings. The number of thiazole rings is 1. The van der Waals surface area contributed by atoms with Gasteiger partial charge in [-0.3, -0.25) is 9.20 Å². The van der Waals surface area contributed by atoms with E-state index in [0.29, 0.717) is 19.6 Å². The predicted molar refractivity (Wildman–Crippen MR) is 64.4 cm³/mol. The molecule has 1 unspecified atom stereocenters. The van der Waals surface area contributed by atoms with E-state index in [1.165, 1.54) is 0 Å². The summed E-state index contributed by atoms with van der Waals surface area (Å²) in [5.74, 6) is 0.149. The van der Waals surface area contributed by atoms with Crippen LogP contribution in [-0.4, -0.2) is 41.0 Å². The van der Waals surface area contributed by atoms with Gasteiger partial charge in [0.2, 0.25) is 0 Å². The summed E-state index contributed by atoms with van der Waals surface area (Å²) < 4.78 is 7.22. The predicted octanol–water partition coefficient (Wildman–Crippen LogP) is 0.496. The van der Waals surface area contributed by atoms with Crippen LogP contribution in [0.5, 0.6) is 0 Å². The zero-order chi connectivity index (χ0) is 11.7. The van der Waals surface area contributed by atoms with Crippen LogP contribution in [0, 0.1) is 0 Å². The second-order valence-corrected chi connectivity index (χ2v) is 4.92. The molecular weight excluding hydrogens is 238 g/mol. The monoisotopic (exact) mass is 251 g/mol. The molecule has 2 aromatic heterocycles. The van der Waals surface area contributed by atoms with Crippen molar-refractivity contribution < 1.29 is 9.53 Å². The van der Waals surface area contributed by atoms with Crippen LogP contribution in [0.25, 0.3) is 4.96 Å². The van der Waals surface area contributed by atoms with Gasteiger partial charge in [-0.15, -0.1) is 11.3 Å². The number of fused-ring (bicyclic) bond motifs is 1. The molecule has 90 valence electrons. The molecule has 6 heteroatoms. The third kappa shape index (κ3) is 2.24. The Morgan fingerprint density at radius 3 is 3.41 bits per heavy atom. The Bertz CT molecular complexity index is 499. The van der Waals surface area contributed by atoms with Gasteiger partial charge in [0, 0.05) is 24.3 Å². The second-order valence-electron chi connectivity index (χ2n) is 4.05. The molecule has 2 aromatic rings. The summed E-state index contributed by atoms with van der Waals surface area (Å²) in [4.78, 5) is 17.3. The minimum absolute atomic E-state index is 0.149. The van der Waals surface area contributed by atoms with E-state index in [-0.39, 0.29) is 11.8 Å². The molecule has 1 aliphatic heterocycles. The maximum Gasteiger partial charge on any atom is 0.193 e. The number of carbonyl (C=O) groups is 1. The van der Waals surface area contributed by atoms with Crippen LogP contribution >= 0.6 is 11.3 Å². The molecule has 1 saturated heterocycles. The second kappa shape index (κ2) is 4.56. The first-order chi connectivity index (χ1) is 8.33. The van der Waals surface area contributed by atoms with Gasteiger partial charge in [-0.25, -0.2) is 4.98 Å². The summed E-state index contributed by atoms with van der Waals surface area (Å²) in [6, 6.07) is -0.177. The number of Topliss-reactive ketones (excluding diaryl/α,β-unsaturated/α-hetero) is 1. The van der Waals surface area contributed by atoms with Crippen LogP contribution in [0.2, 0.25) is 0 Å². The van der Waals surface area contributed by atoms with E-state index in [4.69, 9.17) is 4.74 Å². The van der Waals surface area contributed by atoms with Crippen LogP contribution in [0.4, 0.5) is 0 Å². The molecule has 17 heavy (non-hydrogen) atoms. The van der Waals surface area contributed by atoms with Crippen LogP contribution in [-0.2, 0) is 16.0 Å². The zero-order valence-electron chi connectivity index (χ0n) is 9.26. The summed E-state index contributed by atoms with van der Waals surface area (Å²) in [6.07, 6.45) is 4.23. The molecule has 0 saturated carbocycles. The van der Waals surface area contributed by atoms with E-state index in [2.05, 4.69) is 10.3 Å². The normalized spacial score (nSPS) is 20.8. The molecule has 0 aromatic carbocycles. The summed E-state index contributed by atoms with van der Waals surface area (Å²) in [7, 11) is 0. The maximum atomic E-state index is 12.0. The first-order valence-electron chi connectivity index (χ1n) is 5.58. The number of nitrogens with zero attached hydrogens (tertiary/aromatic N) is 2. The molecule has 0 radical (unpaired) electrons. The van der Waals surface area contributed by atoms with Gasteiger partial charge in [0.05, 0.1) is 31.4 Å². The van der Waals surface area contributed by atoms with E-state index in [1.54, 1.807) is 11.3 Å². The van der Waals surface area contributed by atoms with Gasteiger partial charge in [-0.05, 0) is 0 Å².